The van der Waals surface area contributed by atoms with Crippen molar-refractivity contribution < 1.29 is 4.79 Å². The lowest BCUT2D eigenvalue weighted by atomic mass is 10.1. The van der Waals surface area contributed by atoms with Gasteiger partial charge in [0, 0.05) is 25.1 Å². The predicted octanol–water partition coefficient (Wildman–Crippen LogP) is 2.38. The molecule has 1 aromatic heterocycles. The third-order valence-electron chi connectivity index (χ3n) is 3.17. The summed E-state index contributed by atoms with van der Waals surface area (Å²) >= 11 is 0. The largest absolute Gasteiger partial charge is 0.299 e. The van der Waals surface area contributed by atoms with E-state index in [9.17, 15) is 4.79 Å². The van der Waals surface area contributed by atoms with Crippen LogP contribution in [0.3, 0.4) is 0 Å². The molecule has 0 amide bonds. The topological polar surface area (TPSA) is 34.9 Å². The van der Waals surface area contributed by atoms with E-state index in [4.69, 9.17) is 0 Å². The highest BCUT2D eigenvalue weighted by Crippen LogP contribution is 2.32. The van der Waals surface area contributed by atoms with E-state index in [1.807, 2.05) is 4.68 Å². The molecular formula is C13H20N2O. The molecule has 16 heavy (non-hydrogen) atoms. The van der Waals surface area contributed by atoms with E-state index >= 15 is 0 Å². The summed E-state index contributed by atoms with van der Waals surface area (Å²) in [4.78, 5) is 11.8. The first-order valence-corrected chi connectivity index (χ1v) is 6.30. The average molecular weight is 220 g/mol. The Balaban J connectivity index is 2.00. The zero-order chi connectivity index (χ0) is 11.5. The second-order valence-electron chi connectivity index (χ2n) is 4.66. The number of ketones is 1. The number of Topliss-reactive ketones (excluding diaryl/α,β-unsaturated/α-hetero) is 1. The van der Waals surface area contributed by atoms with Gasteiger partial charge < -0.3 is 0 Å². The summed E-state index contributed by atoms with van der Waals surface area (Å²) in [6, 6.07) is 2.08. The van der Waals surface area contributed by atoms with Crippen molar-refractivity contribution in [3.8, 4) is 0 Å². The summed E-state index contributed by atoms with van der Waals surface area (Å²) in [5.74, 6) is 1.07. The molecule has 88 valence electrons. The number of hydrogen-bond donors (Lipinski definition) is 0. The molecule has 0 radical (unpaired) electrons. The predicted molar refractivity (Wildman–Crippen MR) is 63.3 cm³/mol. The van der Waals surface area contributed by atoms with Crippen LogP contribution in [0.1, 0.15) is 44.5 Å². The van der Waals surface area contributed by atoms with E-state index in [-0.39, 0.29) is 0 Å². The van der Waals surface area contributed by atoms with E-state index in [2.05, 4.69) is 25.0 Å². The number of carbonyl (C=O) groups is 1. The van der Waals surface area contributed by atoms with Gasteiger partial charge in [0.2, 0.25) is 0 Å². The van der Waals surface area contributed by atoms with Crippen molar-refractivity contribution >= 4 is 5.78 Å². The summed E-state index contributed by atoms with van der Waals surface area (Å²) in [6.07, 6.45) is 4.78. The molecule has 0 aromatic carbocycles. The molecule has 1 aliphatic carbocycles. The molecule has 0 spiro atoms. The van der Waals surface area contributed by atoms with E-state index in [0.29, 0.717) is 18.1 Å². The van der Waals surface area contributed by atoms with E-state index < -0.39 is 0 Å². The number of hydrogen-bond acceptors (Lipinski definition) is 2. The van der Waals surface area contributed by atoms with Crippen molar-refractivity contribution in [3.05, 3.63) is 17.5 Å². The molecule has 0 unspecified atom stereocenters. The Kier molecular flexibility index (Phi) is 3.42. The van der Waals surface area contributed by atoms with E-state index in [1.165, 1.54) is 12.8 Å². The summed E-state index contributed by atoms with van der Waals surface area (Å²) < 4.78 is 1.96. The van der Waals surface area contributed by atoms with Gasteiger partial charge in [0.1, 0.15) is 5.78 Å². The standard InChI is InChI=1S/C13H20N2O/c1-3-11-8-12(15(4-2)14-11)9-13(16)7-10-5-6-10/h8,10H,3-7,9H2,1-2H3. The summed E-state index contributed by atoms with van der Waals surface area (Å²) in [7, 11) is 0. The molecule has 0 aliphatic heterocycles. The number of aryl methyl sites for hydroxylation is 2. The highest BCUT2D eigenvalue weighted by Gasteiger charge is 2.24. The van der Waals surface area contributed by atoms with Crippen LogP contribution in [0.2, 0.25) is 0 Å². The van der Waals surface area contributed by atoms with Gasteiger partial charge in [-0.25, -0.2) is 0 Å². The van der Waals surface area contributed by atoms with Crippen LogP contribution in [0.25, 0.3) is 0 Å². The molecule has 0 saturated heterocycles. The van der Waals surface area contributed by atoms with Crippen LogP contribution in [0.5, 0.6) is 0 Å². The van der Waals surface area contributed by atoms with E-state index in [0.717, 1.165) is 30.8 Å². The average Bonchev–Trinajstić information content (AvgIpc) is 2.97. The van der Waals surface area contributed by atoms with Gasteiger partial charge in [-0.1, -0.05) is 6.92 Å². The maximum absolute atomic E-state index is 11.8. The molecule has 0 bridgehead atoms. The molecule has 1 saturated carbocycles. The lowest BCUT2D eigenvalue weighted by molar-refractivity contribution is -0.118. The third kappa shape index (κ3) is 2.71. The minimum Gasteiger partial charge on any atom is -0.299 e. The van der Waals surface area contributed by atoms with Gasteiger partial charge in [0.25, 0.3) is 0 Å². The third-order valence-corrected chi connectivity index (χ3v) is 3.17. The zero-order valence-corrected chi connectivity index (χ0v) is 10.2. The highest BCUT2D eigenvalue weighted by atomic mass is 16.1. The summed E-state index contributed by atoms with van der Waals surface area (Å²) in [6.45, 7) is 5.02. The molecule has 1 aliphatic rings. The number of aromatic nitrogens is 2. The molecule has 3 nitrogen and oxygen atoms in total. The van der Waals surface area contributed by atoms with Crippen LogP contribution in [0.15, 0.2) is 6.07 Å². The minimum atomic E-state index is 0.375. The van der Waals surface area contributed by atoms with Gasteiger partial charge in [0.05, 0.1) is 5.69 Å². The Morgan fingerprint density at radius 1 is 1.50 bits per heavy atom. The van der Waals surface area contributed by atoms with Crippen LogP contribution < -0.4 is 0 Å². The molecule has 1 heterocycles. The Morgan fingerprint density at radius 2 is 2.25 bits per heavy atom. The highest BCUT2D eigenvalue weighted by molar-refractivity contribution is 5.81. The fraction of sp³-hybridized carbons (Fsp3) is 0.692. The number of rotatable bonds is 6. The molecule has 0 atom stereocenters. The Labute approximate surface area is 96.8 Å². The van der Waals surface area contributed by atoms with Crippen LogP contribution >= 0.6 is 0 Å². The van der Waals surface area contributed by atoms with Gasteiger partial charge in [0.15, 0.2) is 0 Å². The second-order valence-corrected chi connectivity index (χ2v) is 4.66. The van der Waals surface area contributed by atoms with Gasteiger partial charge in [-0.2, -0.15) is 5.10 Å². The fourth-order valence-corrected chi connectivity index (χ4v) is 2.02. The molecule has 2 rings (SSSR count). The molecule has 1 aromatic rings. The van der Waals surface area contributed by atoms with Crippen molar-refractivity contribution in [3.63, 3.8) is 0 Å². The maximum Gasteiger partial charge on any atom is 0.139 e. The lowest BCUT2D eigenvalue weighted by Crippen LogP contribution is -2.09. The first kappa shape index (κ1) is 11.4. The van der Waals surface area contributed by atoms with Gasteiger partial charge >= 0.3 is 0 Å². The summed E-state index contributed by atoms with van der Waals surface area (Å²) in [5, 5.41) is 4.46. The Morgan fingerprint density at radius 3 is 2.81 bits per heavy atom. The number of carbonyl (C=O) groups excluding carboxylic acids is 1. The monoisotopic (exact) mass is 220 g/mol. The van der Waals surface area contributed by atoms with Gasteiger partial charge in [-0.15, -0.1) is 0 Å². The zero-order valence-electron chi connectivity index (χ0n) is 10.2. The molecule has 1 fully saturated rings. The smallest absolute Gasteiger partial charge is 0.139 e. The molecule has 0 N–H and O–H groups in total. The quantitative estimate of drug-likeness (QED) is 0.737. The van der Waals surface area contributed by atoms with Crippen molar-refractivity contribution in [1.29, 1.82) is 0 Å². The van der Waals surface area contributed by atoms with Crippen molar-refractivity contribution in [2.45, 2.75) is 52.5 Å². The Bertz CT molecular complexity index is 377. The van der Waals surface area contributed by atoms with Crippen LogP contribution in [0, 0.1) is 5.92 Å². The van der Waals surface area contributed by atoms with Crippen LogP contribution in [-0.2, 0) is 24.2 Å². The summed E-state index contributed by atoms with van der Waals surface area (Å²) in [5.41, 5.74) is 2.18. The van der Waals surface area contributed by atoms with E-state index in [1.54, 1.807) is 0 Å². The molecular weight excluding hydrogens is 200 g/mol. The van der Waals surface area contributed by atoms with Crippen molar-refractivity contribution in [2.24, 2.45) is 5.92 Å². The van der Waals surface area contributed by atoms with Crippen LogP contribution in [-0.4, -0.2) is 15.6 Å². The Hall–Kier alpha value is -1.12. The van der Waals surface area contributed by atoms with Gasteiger partial charge in [-0.3, -0.25) is 9.48 Å². The first-order valence-electron chi connectivity index (χ1n) is 6.30. The first-order chi connectivity index (χ1) is 7.72. The van der Waals surface area contributed by atoms with Crippen LogP contribution in [0.4, 0.5) is 0 Å². The van der Waals surface area contributed by atoms with Gasteiger partial charge in [-0.05, 0) is 38.2 Å². The minimum absolute atomic E-state index is 0.375. The number of nitrogens with zero attached hydrogens (tertiary/aromatic N) is 2. The lowest BCUT2D eigenvalue weighted by Gasteiger charge is -2.03. The fourth-order valence-electron chi connectivity index (χ4n) is 2.02. The SMILES string of the molecule is CCc1cc(CC(=O)CC2CC2)n(CC)n1. The van der Waals surface area contributed by atoms with Crippen molar-refractivity contribution in [2.75, 3.05) is 0 Å². The normalized spacial score (nSPS) is 15.4. The molecule has 3 heteroatoms. The second kappa shape index (κ2) is 4.81. The van der Waals surface area contributed by atoms with Crippen molar-refractivity contribution in [1.82, 2.24) is 9.78 Å². The maximum atomic E-state index is 11.8.